The third kappa shape index (κ3) is 3.65. The van der Waals surface area contributed by atoms with Crippen molar-refractivity contribution in [1.29, 1.82) is 0 Å². The highest BCUT2D eigenvalue weighted by molar-refractivity contribution is 7.20. The summed E-state index contributed by atoms with van der Waals surface area (Å²) in [4.78, 5) is 17.9. The molecule has 0 spiro atoms. The van der Waals surface area contributed by atoms with Gasteiger partial charge in [-0.1, -0.05) is 36.4 Å². The van der Waals surface area contributed by atoms with Crippen LogP contribution in [0.2, 0.25) is 0 Å². The summed E-state index contributed by atoms with van der Waals surface area (Å²) in [6.45, 7) is 0. The number of carbonyl (C=O) groups is 1. The molecule has 27 heavy (non-hydrogen) atoms. The minimum absolute atomic E-state index is 0.0710. The Morgan fingerprint density at radius 2 is 1.81 bits per heavy atom. The number of rotatable bonds is 4. The largest absolute Gasteiger partial charge is 0.318 e. The van der Waals surface area contributed by atoms with Crippen LogP contribution in [0.4, 0.5) is 14.5 Å². The number of nitrogens with zero attached hydrogens (tertiary/aromatic N) is 1. The average molecular weight is 398 g/mol. The summed E-state index contributed by atoms with van der Waals surface area (Å²) < 4.78 is 28.2. The molecule has 1 amide bonds. The normalized spacial score (nSPS) is 10.7. The van der Waals surface area contributed by atoms with Crippen molar-refractivity contribution in [2.75, 3.05) is 5.32 Å². The molecule has 4 aromatic rings. The highest BCUT2D eigenvalue weighted by Crippen LogP contribution is 2.32. The number of hydrogen-bond acceptors (Lipinski definition) is 4. The van der Waals surface area contributed by atoms with Gasteiger partial charge in [-0.3, -0.25) is 4.79 Å². The highest BCUT2D eigenvalue weighted by atomic mass is 32.1. The lowest BCUT2D eigenvalue weighted by Crippen LogP contribution is -2.14. The number of carbonyl (C=O) groups excluding carboxylic acids is 1. The summed E-state index contributed by atoms with van der Waals surface area (Å²) >= 11 is 2.86. The lowest BCUT2D eigenvalue weighted by atomic mass is 10.0. The van der Waals surface area contributed by atoms with Gasteiger partial charge in [0.15, 0.2) is 0 Å². The molecule has 4 rings (SSSR count). The first kappa shape index (κ1) is 17.5. The summed E-state index contributed by atoms with van der Waals surface area (Å²) in [6, 6.07) is 14.5. The number of hydrogen-bond donors (Lipinski definition) is 1. The van der Waals surface area contributed by atoms with E-state index in [1.807, 2.05) is 17.5 Å². The third-order valence-electron chi connectivity index (χ3n) is 3.85. The Hall–Kier alpha value is -2.90. The van der Waals surface area contributed by atoms with Gasteiger partial charge in [0, 0.05) is 17.0 Å². The summed E-state index contributed by atoms with van der Waals surface area (Å²) in [5.74, 6) is -2.09. The third-order valence-corrected chi connectivity index (χ3v) is 5.73. The van der Waals surface area contributed by atoms with E-state index in [0.717, 1.165) is 16.0 Å². The minimum Gasteiger partial charge on any atom is -0.318 e. The first-order valence-electron chi connectivity index (χ1n) is 7.97. The standard InChI is InChI=1S/C20H12F2N2OS2/c21-13-9-14(12-5-2-1-3-6-12)18(15(22)10-13)24-19(25)16-11-27-20(23-16)17-7-4-8-26-17/h1-11H,(H,24,25). The molecule has 1 N–H and O–H groups in total. The van der Waals surface area contributed by atoms with Gasteiger partial charge >= 0.3 is 0 Å². The van der Waals surface area contributed by atoms with Gasteiger partial charge < -0.3 is 5.32 Å². The molecule has 0 saturated heterocycles. The Kier molecular flexibility index (Phi) is 4.79. The van der Waals surface area contributed by atoms with E-state index in [0.29, 0.717) is 5.56 Å². The van der Waals surface area contributed by atoms with Crippen molar-refractivity contribution in [2.45, 2.75) is 0 Å². The van der Waals surface area contributed by atoms with E-state index in [1.165, 1.54) is 28.7 Å². The molecule has 0 aliphatic heterocycles. The number of thiophene rings is 1. The van der Waals surface area contributed by atoms with Crippen LogP contribution >= 0.6 is 22.7 Å². The van der Waals surface area contributed by atoms with Crippen LogP contribution < -0.4 is 5.32 Å². The predicted octanol–water partition coefficient (Wildman–Crippen LogP) is 6.07. The van der Waals surface area contributed by atoms with Crippen molar-refractivity contribution in [3.63, 3.8) is 0 Å². The fourth-order valence-corrected chi connectivity index (χ4v) is 4.23. The Morgan fingerprint density at radius 1 is 1.00 bits per heavy atom. The number of aromatic nitrogens is 1. The molecule has 134 valence electrons. The molecule has 0 saturated carbocycles. The molecule has 2 heterocycles. The van der Waals surface area contributed by atoms with E-state index in [2.05, 4.69) is 10.3 Å². The van der Waals surface area contributed by atoms with Gasteiger partial charge in [-0.2, -0.15) is 0 Å². The van der Waals surface area contributed by atoms with Crippen molar-refractivity contribution in [3.05, 3.63) is 82.7 Å². The monoisotopic (exact) mass is 398 g/mol. The van der Waals surface area contributed by atoms with Crippen molar-refractivity contribution >= 4 is 34.3 Å². The van der Waals surface area contributed by atoms with Crippen LogP contribution in [0.5, 0.6) is 0 Å². The van der Waals surface area contributed by atoms with Gasteiger partial charge in [0.25, 0.3) is 5.91 Å². The number of anilines is 1. The second-order valence-electron chi connectivity index (χ2n) is 5.65. The minimum atomic E-state index is -0.837. The Balaban J connectivity index is 1.67. The van der Waals surface area contributed by atoms with Gasteiger partial charge in [-0.15, -0.1) is 22.7 Å². The zero-order valence-corrected chi connectivity index (χ0v) is 15.4. The summed E-state index contributed by atoms with van der Waals surface area (Å²) in [5.41, 5.74) is 0.989. The highest BCUT2D eigenvalue weighted by Gasteiger charge is 2.18. The van der Waals surface area contributed by atoms with Crippen LogP contribution in [-0.4, -0.2) is 10.9 Å². The van der Waals surface area contributed by atoms with Gasteiger partial charge in [-0.25, -0.2) is 13.8 Å². The van der Waals surface area contributed by atoms with Crippen LogP contribution in [0.25, 0.3) is 21.0 Å². The lowest BCUT2D eigenvalue weighted by Gasteiger charge is -2.12. The number of benzene rings is 2. The second kappa shape index (κ2) is 7.38. The van der Waals surface area contributed by atoms with Crippen molar-refractivity contribution < 1.29 is 13.6 Å². The lowest BCUT2D eigenvalue weighted by molar-refractivity contribution is 0.102. The summed E-state index contributed by atoms with van der Waals surface area (Å²) in [6.07, 6.45) is 0. The van der Waals surface area contributed by atoms with Gasteiger partial charge in [0.05, 0.1) is 10.6 Å². The quantitative estimate of drug-likeness (QED) is 0.453. The van der Waals surface area contributed by atoms with Gasteiger partial charge in [0.1, 0.15) is 22.3 Å². The maximum Gasteiger partial charge on any atom is 0.275 e. The first-order chi connectivity index (χ1) is 13.1. The predicted molar refractivity (Wildman–Crippen MR) is 105 cm³/mol. The fraction of sp³-hybridized carbons (Fsp3) is 0. The van der Waals surface area contributed by atoms with E-state index >= 15 is 0 Å². The molecule has 2 aromatic heterocycles. The van der Waals surface area contributed by atoms with Gasteiger partial charge in [0.2, 0.25) is 0 Å². The SMILES string of the molecule is O=C(Nc1c(F)cc(F)cc1-c1ccccc1)c1csc(-c2cccs2)n1. The van der Waals surface area contributed by atoms with E-state index in [9.17, 15) is 13.6 Å². The molecule has 7 heteroatoms. The molecular formula is C20H12F2N2OS2. The molecule has 0 aliphatic carbocycles. The average Bonchev–Trinajstić information content (AvgIpc) is 3.35. The number of nitrogens with one attached hydrogen (secondary N) is 1. The Morgan fingerprint density at radius 3 is 2.56 bits per heavy atom. The number of amides is 1. The smallest absolute Gasteiger partial charge is 0.275 e. The molecule has 0 bridgehead atoms. The van der Waals surface area contributed by atoms with E-state index < -0.39 is 17.5 Å². The van der Waals surface area contributed by atoms with Crippen molar-refractivity contribution in [3.8, 4) is 21.0 Å². The molecule has 2 aromatic carbocycles. The van der Waals surface area contributed by atoms with Crippen LogP contribution in [0.3, 0.4) is 0 Å². The molecular weight excluding hydrogens is 386 g/mol. The van der Waals surface area contributed by atoms with Crippen LogP contribution in [-0.2, 0) is 0 Å². The molecule has 3 nitrogen and oxygen atoms in total. The number of halogens is 2. The second-order valence-corrected chi connectivity index (χ2v) is 7.45. The molecule has 0 fully saturated rings. The molecule has 0 unspecified atom stereocenters. The first-order valence-corrected chi connectivity index (χ1v) is 9.73. The van der Waals surface area contributed by atoms with Gasteiger partial charge in [-0.05, 0) is 23.1 Å². The number of thiazole rings is 1. The van der Waals surface area contributed by atoms with Crippen molar-refractivity contribution in [1.82, 2.24) is 4.98 Å². The fourth-order valence-electron chi connectivity index (χ4n) is 2.62. The van der Waals surface area contributed by atoms with Crippen molar-refractivity contribution in [2.24, 2.45) is 0 Å². The molecule has 0 atom stereocenters. The maximum absolute atomic E-state index is 14.4. The van der Waals surface area contributed by atoms with E-state index in [4.69, 9.17) is 0 Å². The molecule has 0 radical (unpaired) electrons. The zero-order valence-electron chi connectivity index (χ0n) is 13.8. The summed E-state index contributed by atoms with van der Waals surface area (Å²) in [5, 5.41) is 6.81. The summed E-state index contributed by atoms with van der Waals surface area (Å²) in [7, 11) is 0. The van der Waals surface area contributed by atoms with E-state index in [1.54, 1.807) is 35.7 Å². The Bertz CT molecular complexity index is 1090. The topological polar surface area (TPSA) is 42.0 Å². The van der Waals surface area contributed by atoms with E-state index in [-0.39, 0.29) is 16.9 Å². The molecule has 0 aliphatic rings. The van der Waals surface area contributed by atoms with Crippen LogP contribution in [0.15, 0.2) is 65.4 Å². The maximum atomic E-state index is 14.4. The zero-order chi connectivity index (χ0) is 18.8. The van der Waals surface area contributed by atoms with Crippen LogP contribution in [0.1, 0.15) is 10.5 Å². The Labute approximate surface area is 162 Å². The van der Waals surface area contributed by atoms with Crippen LogP contribution in [0, 0.1) is 11.6 Å².